The molecule has 1 amide bonds. The number of halogens is 1. The maximum Gasteiger partial charge on any atom is 0.253 e. The fraction of sp³-hybridized carbons (Fsp3) is 0.346. The topological polar surface area (TPSA) is 74.7 Å². The third-order valence-electron chi connectivity index (χ3n) is 6.91. The summed E-state index contributed by atoms with van der Waals surface area (Å²) in [7, 11) is 5.38. The molecule has 1 aliphatic heterocycles. The number of hydrogen-bond acceptors (Lipinski definition) is 5. The van der Waals surface area contributed by atoms with Gasteiger partial charge in [-0.15, -0.1) is 0 Å². The Morgan fingerprint density at radius 3 is 2.62 bits per heavy atom. The molecule has 5 rings (SSSR count). The first kappa shape index (κ1) is 22.6. The van der Waals surface area contributed by atoms with Crippen LogP contribution in [0.25, 0.3) is 10.9 Å². The second-order valence-corrected chi connectivity index (χ2v) is 9.80. The van der Waals surface area contributed by atoms with Gasteiger partial charge < -0.3 is 14.8 Å². The molecule has 0 saturated carbocycles. The van der Waals surface area contributed by atoms with E-state index in [1.807, 2.05) is 32.3 Å². The van der Waals surface area contributed by atoms with E-state index < -0.39 is 17.5 Å². The van der Waals surface area contributed by atoms with Crippen LogP contribution in [0.3, 0.4) is 0 Å². The second kappa shape index (κ2) is 8.56. The number of aryl methyl sites for hydroxylation is 1. The van der Waals surface area contributed by atoms with Crippen molar-refractivity contribution in [3.63, 3.8) is 0 Å². The number of nitrogens with one attached hydrogen (secondary N) is 1. The van der Waals surface area contributed by atoms with Gasteiger partial charge in [-0.3, -0.25) is 19.3 Å². The first-order chi connectivity index (χ1) is 16.3. The molecule has 7 nitrogen and oxygen atoms in total. The minimum Gasteiger partial charge on any atom is -0.375 e. The van der Waals surface area contributed by atoms with Crippen molar-refractivity contribution in [2.45, 2.75) is 13.0 Å². The number of likely N-dealkylation sites (tertiary alicyclic amines) is 1. The Balaban J connectivity index is 1.38. The van der Waals surface area contributed by atoms with E-state index in [0.29, 0.717) is 34.7 Å². The number of ketones is 2. The van der Waals surface area contributed by atoms with Crippen molar-refractivity contribution >= 4 is 45.7 Å². The molecule has 2 aromatic carbocycles. The van der Waals surface area contributed by atoms with Gasteiger partial charge in [0, 0.05) is 46.2 Å². The number of anilines is 1. The fourth-order valence-corrected chi connectivity index (χ4v) is 5.58. The maximum absolute atomic E-state index is 13.3. The molecule has 176 valence electrons. The molecular formula is C26H27ClN4O3. The molecule has 2 bridgehead atoms. The van der Waals surface area contributed by atoms with E-state index in [1.54, 1.807) is 22.6 Å². The Labute approximate surface area is 203 Å². The Hall–Kier alpha value is -3.16. The lowest BCUT2D eigenvalue weighted by atomic mass is 9.90. The predicted octanol–water partition coefficient (Wildman–Crippen LogP) is 3.53. The van der Waals surface area contributed by atoms with E-state index in [4.69, 9.17) is 11.6 Å². The summed E-state index contributed by atoms with van der Waals surface area (Å²) in [4.78, 5) is 43.5. The van der Waals surface area contributed by atoms with Crippen molar-refractivity contribution in [2.24, 2.45) is 13.0 Å². The van der Waals surface area contributed by atoms with Crippen molar-refractivity contribution in [2.75, 3.05) is 38.6 Å². The van der Waals surface area contributed by atoms with Crippen LogP contribution < -0.4 is 10.2 Å². The zero-order chi connectivity index (χ0) is 24.1. The predicted molar refractivity (Wildman–Crippen MR) is 133 cm³/mol. The standard InChI is InChI=1S/C26H27ClN4O3/c1-29(2)22-20-18-11-17(27)19(21(20)24(32)25(33)23(22)30(18)3)26(34)28-12-16-9-10-31(14-16)13-15-7-5-4-6-8-15/h4-8,11,16H,9-10,12-14H2,1-3H3,(H,28,34)/t16-/m1/s1. The van der Waals surface area contributed by atoms with Gasteiger partial charge in [0.05, 0.1) is 27.4 Å². The van der Waals surface area contributed by atoms with Gasteiger partial charge in [-0.25, -0.2) is 0 Å². The van der Waals surface area contributed by atoms with E-state index in [2.05, 4.69) is 22.3 Å². The summed E-state index contributed by atoms with van der Waals surface area (Å²) < 4.78 is 1.69. The van der Waals surface area contributed by atoms with Gasteiger partial charge in [-0.05, 0) is 30.5 Å². The normalized spacial score (nSPS) is 17.7. The number of Topliss-reactive ketones (excluding diaryl/α,β-unsaturated/α-hetero) is 2. The van der Waals surface area contributed by atoms with Crippen molar-refractivity contribution < 1.29 is 14.4 Å². The molecule has 0 spiro atoms. The van der Waals surface area contributed by atoms with E-state index in [1.165, 1.54) is 5.56 Å². The molecule has 1 atom stereocenters. The third kappa shape index (κ3) is 3.60. The number of hydrogen-bond donors (Lipinski definition) is 1. The van der Waals surface area contributed by atoms with Gasteiger partial charge in [0.15, 0.2) is 0 Å². The quantitative estimate of drug-likeness (QED) is 0.549. The van der Waals surface area contributed by atoms with Crippen molar-refractivity contribution in [1.82, 2.24) is 14.8 Å². The molecule has 1 aromatic heterocycles. The Morgan fingerprint density at radius 2 is 1.91 bits per heavy atom. The van der Waals surface area contributed by atoms with Crippen molar-refractivity contribution in [3.8, 4) is 0 Å². The van der Waals surface area contributed by atoms with E-state index in [9.17, 15) is 14.4 Å². The van der Waals surface area contributed by atoms with Gasteiger partial charge in [0.25, 0.3) is 11.7 Å². The molecule has 34 heavy (non-hydrogen) atoms. The Morgan fingerprint density at radius 1 is 1.18 bits per heavy atom. The lowest BCUT2D eigenvalue weighted by Gasteiger charge is -2.21. The average Bonchev–Trinajstić information content (AvgIpc) is 3.36. The number of aromatic nitrogens is 1. The molecule has 2 heterocycles. The summed E-state index contributed by atoms with van der Waals surface area (Å²) in [6, 6.07) is 12.0. The fourth-order valence-electron chi connectivity index (χ4n) is 5.29. The highest BCUT2D eigenvalue weighted by Gasteiger charge is 2.40. The molecule has 0 radical (unpaired) electrons. The Kier molecular flexibility index (Phi) is 5.70. The molecular weight excluding hydrogens is 452 g/mol. The minimum absolute atomic E-state index is 0.0894. The zero-order valence-corrected chi connectivity index (χ0v) is 20.3. The van der Waals surface area contributed by atoms with Crippen LogP contribution in [0.5, 0.6) is 0 Å². The van der Waals surface area contributed by atoms with Crippen LogP contribution in [0.15, 0.2) is 36.4 Å². The molecule has 2 aliphatic rings. The first-order valence-corrected chi connectivity index (χ1v) is 11.8. The summed E-state index contributed by atoms with van der Waals surface area (Å²) in [5.41, 5.74) is 3.12. The number of nitrogens with zero attached hydrogens (tertiary/aromatic N) is 3. The lowest BCUT2D eigenvalue weighted by Crippen LogP contribution is -2.33. The van der Waals surface area contributed by atoms with Crippen LogP contribution in [0.2, 0.25) is 5.02 Å². The number of benzene rings is 2. The van der Waals surface area contributed by atoms with Gasteiger partial charge in [0.1, 0.15) is 5.69 Å². The highest BCUT2D eigenvalue weighted by Crippen LogP contribution is 2.43. The molecule has 1 N–H and O–H groups in total. The summed E-state index contributed by atoms with van der Waals surface area (Å²) >= 11 is 6.53. The highest BCUT2D eigenvalue weighted by atomic mass is 35.5. The lowest BCUT2D eigenvalue weighted by molar-refractivity contribution is 0.0810. The van der Waals surface area contributed by atoms with Gasteiger partial charge in [-0.1, -0.05) is 41.9 Å². The first-order valence-electron chi connectivity index (χ1n) is 11.4. The van der Waals surface area contributed by atoms with Crippen LogP contribution in [0.4, 0.5) is 5.69 Å². The highest BCUT2D eigenvalue weighted by molar-refractivity contribution is 6.57. The van der Waals surface area contributed by atoms with E-state index >= 15 is 0 Å². The monoisotopic (exact) mass is 478 g/mol. The number of fused-ring (bicyclic) bond motifs is 1. The zero-order valence-electron chi connectivity index (χ0n) is 19.5. The minimum atomic E-state index is -0.677. The molecule has 1 fully saturated rings. The average molecular weight is 479 g/mol. The van der Waals surface area contributed by atoms with Crippen LogP contribution >= 0.6 is 11.6 Å². The molecule has 1 aliphatic carbocycles. The van der Waals surface area contributed by atoms with Crippen molar-refractivity contribution in [3.05, 3.63) is 63.8 Å². The summed E-state index contributed by atoms with van der Waals surface area (Å²) in [6.45, 7) is 3.23. The summed E-state index contributed by atoms with van der Waals surface area (Å²) in [5, 5.41) is 3.77. The SMILES string of the molecule is CN(C)c1c2n(C)c3cc(Cl)c(C(=O)NC[C@H]4CCN(Cc5ccccc5)C4)c(c13)C(=O)C2=O. The van der Waals surface area contributed by atoms with E-state index in [0.717, 1.165) is 26.1 Å². The van der Waals surface area contributed by atoms with Gasteiger partial charge >= 0.3 is 0 Å². The number of rotatable bonds is 6. The van der Waals surface area contributed by atoms with Crippen LogP contribution in [-0.2, 0) is 13.6 Å². The van der Waals surface area contributed by atoms with Crippen LogP contribution in [0, 0.1) is 5.92 Å². The number of carbonyl (C=O) groups is 3. The van der Waals surface area contributed by atoms with Crippen LogP contribution in [0.1, 0.15) is 43.2 Å². The van der Waals surface area contributed by atoms with Gasteiger partial charge in [-0.2, -0.15) is 0 Å². The second-order valence-electron chi connectivity index (χ2n) is 9.40. The molecule has 3 aromatic rings. The van der Waals surface area contributed by atoms with Gasteiger partial charge in [0.2, 0.25) is 5.78 Å². The maximum atomic E-state index is 13.3. The number of amides is 1. The van der Waals surface area contributed by atoms with Crippen LogP contribution in [-0.4, -0.2) is 60.7 Å². The smallest absolute Gasteiger partial charge is 0.253 e. The van der Waals surface area contributed by atoms with Crippen molar-refractivity contribution in [1.29, 1.82) is 0 Å². The molecule has 1 saturated heterocycles. The largest absolute Gasteiger partial charge is 0.375 e. The molecule has 8 heteroatoms. The van der Waals surface area contributed by atoms with E-state index in [-0.39, 0.29) is 16.1 Å². The Bertz CT molecular complexity index is 1330. The third-order valence-corrected chi connectivity index (χ3v) is 7.21. The summed E-state index contributed by atoms with van der Waals surface area (Å²) in [6.07, 6.45) is 0.983. The molecule has 0 unspecified atom stereocenters. The number of carbonyl (C=O) groups excluding carboxylic acids is 3. The summed E-state index contributed by atoms with van der Waals surface area (Å²) in [5.74, 6) is -1.40.